The molecule has 0 spiro atoms. The van der Waals surface area contributed by atoms with Crippen LogP contribution in [-0.4, -0.2) is 52.8 Å². The van der Waals surface area contributed by atoms with Crippen molar-refractivity contribution in [2.45, 2.75) is 6.54 Å². The van der Waals surface area contributed by atoms with Gasteiger partial charge in [0.25, 0.3) is 5.69 Å². The number of benzene rings is 2. The van der Waals surface area contributed by atoms with Gasteiger partial charge >= 0.3 is 0 Å². The summed E-state index contributed by atoms with van der Waals surface area (Å²) >= 11 is 0. The number of nitro groups is 1. The lowest BCUT2D eigenvalue weighted by atomic mass is 10.1. The molecule has 30 heavy (non-hydrogen) atoms. The molecule has 0 unspecified atom stereocenters. The molecule has 0 aliphatic carbocycles. The Kier molecular flexibility index (Phi) is 5.56. The second-order valence-electron chi connectivity index (χ2n) is 7.11. The van der Waals surface area contributed by atoms with Crippen molar-refractivity contribution in [1.29, 1.82) is 0 Å². The molecule has 0 bridgehead atoms. The summed E-state index contributed by atoms with van der Waals surface area (Å²) in [5.74, 6) is 2.35. The first-order valence-corrected chi connectivity index (χ1v) is 9.42. The Morgan fingerprint density at radius 3 is 2.60 bits per heavy atom. The van der Waals surface area contributed by atoms with Crippen LogP contribution in [0, 0.1) is 10.1 Å². The third kappa shape index (κ3) is 3.81. The maximum Gasteiger partial charge on any atom is 0.270 e. The molecule has 5 rings (SSSR count). The summed E-state index contributed by atoms with van der Waals surface area (Å²) in [7, 11) is 0. The summed E-state index contributed by atoms with van der Waals surface area (Å²) in [6.45, 7) is 4.44. The van der Waals surface area contributed by atoms with Crippen LogP contribution in [0.3, 0.4) is 0 Å². The molecule has 0 saturated carbocycles. The summed E-state index contributed by atoms with van der Waals surface area (Å²) in [5.41, 5.74) is 1.95. The summed E-state index contributed by atoms with van der Waals surface area (Å²) in [6.07, 6.45) is 1.52. The summed E-state index contributed by atoms with van der Waals surface area (Å²) < 4.78 is 10.8. The van der Waals surface area contributed by atoms with Gasteiger partial charge in [0.15, 0.2) is 11.5 Å². The highest BCUT2D eigenvalue weighted by Gasteiger charge is 2.22. The van der Waals surface area contributed by atoms with Crippen molar-refractivity contribution in [3.05, 3.63) is 58.4 Å². The Bertz CT molecular complexity index is 1090. The first kappa shape index (κ1) is 20.1. The molecule has 2 aliphatic rings. The summed E-state index contributed by atoms with van der Waals surface area (Å²) in [6, 6.07) is 10.8. The van der Waals surface area contributed by atoms with E-state index in [1.165, 1.54) is 18.0 Å². The lowest BCUT2D eigenvalue weighted by Crippen LogP contribution is -2.46. The average Bonchev–Trinajstić information content (AvgIpc) is 3.21. The number of hydrogen-bond donors (Lipinski definition) is 0. The molecule has 1 saturated heterocycles. The molecule has 1 fully saturated rings. The molecule has 0 amide bonds. The maximum absolute atomic E-state index is 11.1. The normalized spacial score (nSPS) is 15.8. The molecular weight excluding hydrogens is 410 g/mol. The fraction of sp³-hybridized carbons (Fsp3) is 0.300. The third-order valence-electron chi connectivity index (χ3n) is 5.32. The molecule has 9 nitrogen and oxygen atoms in total. The molecule has 10 heteroatoms. The van der Waals surface area contributed by atoms with Crippen LogP contribution < -0.4 is 14.4 Å². The predicted octanol–water partition coefficient (Wildman–Crippen LogP) is 3.01. The van der Waals surface area contributed by atoms with E-state index in [-0.39, 0.29) is 29.8 Å². The molecule has 156 valence electrons. The van der Waals surface area contributed by atoms with Gasteiger partial charge < -0.3 is 14.4 Å². The lowest BCUT2D eigenvalue weighted by Gasteiger charge is -2.35. The van der Waals surface area contributed by atoms with E-state index >= 15 is 0 Å². The topological polar surface area (TPSA) is 93.9 Å². The van der Waals surface area contributed by atoms with Crippen molar-refractivity contribution >= 4 is 34.8 Å². The van der Waals surface area contributed by atoms with Crippen LogP contribution >= 0.6 is 12.4 Å². The smallest absolute Gasteiger partial charge is 0.270 e. The van der Waals surface area contributed by atoms with Crippen molar-refractivity contribution in [3.63, 3.8) is 0 Å². The van der Waals surface area contributed by atoms with Gasteiger partial charge in [-0.3, -0.25) is 15.0 Å². The molecule has 0 N–H and O–H groups in total. The van der Waals surface area contributed by atoms with Gasteiger partial charge in [0, 0.05) is 50.2 Å². The van der Waals surface area contributed by atoms with Crippen LogP contribution in [0.4, 0.5) is 11.5 Å². The van der Waals surface area contributed by atoms with Gasteiger partial charge in [-0.1, -0.05) is 6.07 Å². The second kappa shape index (κ2) is 8.29. The number of piperazine rings is 1. The monoisotopic (exact) mass is 429 g/mol. The predicted molar refractivity (Wildman–Crippen MR) is 113 cm³/mol. The number of non-ortho nitro benzene ring substituents is 1. The van der Waals surface area contributed by atoms with Crippen molar-refractivity contribution in [2.75, 3.05) is 37.9 Å². The number of hydrogen-bond acceptors (Lipinski definition) is 8. The van der Waals surface area contributed by atoms with E-state index in [2.05, 4.69) is 25.8 Å². The fourth-order valence-electron chi connectivity index (χ4n) is 3.81. The van der Waals surface area contributed by atoms with Crippen LogP contribution in [0.15, 0.2) is 42.7 Å². The number of ether oxygens (including phenoxy) is 2. The highest BCUT2D eigenvalue weighted by Crippen LogP contribution is 2.33. The van der Waals surface area contributed by atoms with Crippen molar-refractivity contribution < 1.29 is 14.4 Å². The molecule has 2 aliphatic heterocycles. The zero-order valence-corrected chi connectivity index (χ0v) is 16.9. The first-order chi connectivity index (χ1) is 14.2. The Hall–Kier alpha value is -3.17. The molecule has 2 aromatic carbocycles. The number of nitro benzene ring substituents is 1. The lowest BCUT2D eigenvalue weighted by molar-refractivity contribution is -0.384. The van der Waals surface area contributed by atoms with Crippen LogP contribution in [0.2, 0.25) is 0 Å². The number of rotatable bonds is 4. The molecule has 1 aromatic heterocycles. The van der Waals surface area contributed by atoms with Crippen molar-refractivity contribution in [2.24, 2.45) is 0 Å². The van der Waals surface area contributed by atoms with Gasteiger partial charge in [-0.05, 0) is 23.8 Å². The van der Waals surface area contributed by atoms with Gasteiger partial charge in [-0.2, -0.15) is 0 Å². The maximum atomic E-state index is 11.1. The van der Waals surface area contributed by atoms with E-state index in [0.717, 1.165) is 50.0 Å². The molecule has 3 aromatic rings. The first-order valence-electron chi connectivity index (χ1n) is 9.42. The Labute approximate surface area is 178 Å². The molecular formula is C20H20ClN5O4. The number of nitrogens with zero attached hydrogens (tertiary/aromatic N) is 5. The van der Waals surface area contributed by atoms with Gasteiger partial charge in [0.2, 0.25) is 6.79 Å². The van der Waals surface area contributed by atoms with Crippen LogP contribution in [-0.2, 0) is 6.54 Å². The zero-order valence-electron chi connectivity index (χ0n) is 16.1. The summed E-state index contributed by atoms with van der Waals surface area (Å²) in [5, 5.41) is 11.9. The number of aromatic nitrogens is 2. The van der Waals surface area contributed by atoms with E-state index in [1.54, 1.807) is 12.1 Å². The van der Waals surface area contributed by atoms with E-state index < -0.39 is 0 Å². The number of anilines is 1. The van der Waals surface area contributed by atoms with E-state index in [1.807, 2.05) is 12.1 Å². The molecule has 0 radical (unpaired) electrons. The highest BCUT2D eigenvalue weighted by molar-refractivity contribution is 5.91. The minimum Gasteiger partial charge on any atom is -0.454 e. The largest absolute Gasteiger partial charge is 0.454 e. The zero-order chi connectivity index (χ0) is 19.8. The number of fused-ring (bicyclic) bond motifs is 2. The average molecular weight is 430 g/mol. The third-order valence-corrected chi connectivity index (χ3v) is 5.32. The Morgan fingerprint density at radius 2 is 1.80 bits per heavy atom. The molecule has 3 heterocycles. The Morgan fingerprint density at radius 1 is 1.00 bits per heavy atom. The van der Waals surface area contributed by atoms with Crippen molar-refractivity contribution in [1.82, 2.24) is 14.9 Å². The van der Waals surface area contributed by atoms with Crippen LogP contribution in [0.1, 0.15) is 5.56 Å². The summed E-state index contributed by atoms with van der Waals surface area (Å²) in [4.78, 5) is 24.0. The van der Waals surface area contributed by atoms with Gasteiger partial charge in [0.05, 0.1) is 10.4 Å². The minimum atomic E-state index is -0.389. The number of halogens is 1. The van der Waals surface area contributed by atoms with E-state index in [0.29, 0.717) is 10.9 Å². The van der Waals surface area contributed by atoms with Gasteiger partial charge in [-0.15, -0.1) is 12.4 Å². The highest BCUT2D eigenvalue weighted by atomic mass is 35.5. The standard InChI is InChI=1S/C20H19N5O4.ClH/c26-25(27)15-2-3-17-16(10-15)20(22-12-21-17)24-7-5-23(6-8-24)11-14-1-4-18-19(9-14)29-13-28-18;/h1-4,9-10,12H,5-8,11,13H2;1H. The van der Waals surface area contributed by atoms with E-state index in [4.69, 9.17) is 9.47 Å². The minimum absolute atomic E-state index is 0. The second-order valence-corrected chi connectivity index (χ2v) is 7.11. The van der Waals surface area contributed by atoms with Gasteiger partial charge in [-0.25, -0.2) is 9.97 Å². The molecule has 0 atom stereocenters. The van der Waals surface area contributed by atoms with Crippen LogP contribution in [0.25, 0.3) is 10.9 Å². The van der Waals surface area contributed by atoms with Crippen molar-refractivity contribution in [3.8, 4) is 11.5 Å². The Balaban J connectivity index is 0.00000218. The van der Waals surface area contributed by atoms with E-state index in [9.17, 15) is 10.1 Å². The fourth-order valence-corrected chi connectivity index (χ4v) is 3.81. The van der Waals surface area contributed by atoms with Gasteiger partial charge in [0.1, 0.15) is 12.1 Å². The quantitative estimate of drug-likeness (QED) is 0.461. The van der Waals surface area contributed by atoms with Crippen LogP contribution in [0.5, 0.6) is 11.5 Å². The SMILES string of the molecule is Cl.O=[N+]([O-])c1ccc2ncnc(N3CCN(Cc4ccc5c(c4)OCO5)CC3)c2c1.